The summed E-state index contributed by atoms with van der Waals surface area (Å²) < 4.78 is 0. The van der Waals surface area contributed by atoms with Crippen molar-refractivity contribution < 1.29 is 0 Å². The van der Waals surface area contributed by atoms with E-state index in [0.717, 1.165) is 0 Å². The van der Waals surface area contributed by atoms with Gasteiger partial charge in [0.15, 0.2) is 0 Å². The first-order valence-corrected chi connectivity index (χ1v) is 6.28. The fourth-order valence-electron chi connectivity index (χ4n) is 3.71. The minimum Gasteiger partial charge on any atom is -0.0795 e. The molecule has 0 nitrogen and oxygen atoms in total. The third-order valence-corrected chi connectivity index (χ3v) is 4.88. The van der Waals surface area contributed by atoms with Crippen molar-refractivity contribution in [2.24, 2.45) is 16.7 Å². The van der Waals surface area contributed by atoms with Crippen LogP contribution in [0.5, 0.6) is 0 Å². The molecule has 16 heavy (non-hydrogen) atoms. The van der Waals surface area contributed by atoms with E-state index in [2.05, 4.69) is 60.6 Å². The zero-order valence-electron chi connectivity index (χ0n) is 11.7. The standard InChI is InChI=1S/C16H24/c1-10(2)13-12-8-9-16(7,15(12,5)6)14(13)11(3)4/h8-9,12H,1-7H3. The predicted molar refractivity (Wildman–Crippen MR) is 71.3 cm³/mol. The minimum absolute atomic E-state index is 0.239. The van der Waals surface area contributed by atoms with Gasteiger partial charge >= 0.3 is 0 Å². The summed E-state index contributed by atoms with van der Waals surface area (Å²) >= 11 is 0. The molecule has 0 aromatic heterocycles. The van der Waals surface area contributed by atoms with E-state index < -0.39 is 0 Å². The summed E-state index contributed by atoms with van der Waals surface area (Å²) in [7, 11) is 0. The molecule has 0 spiro atoms. The third kappa shape index (κ3) is 1.11. The van der Waals surface area contributed by atoms with Crippen LogP contribution >= 0.6 is 0 Å². The van der Waals surface area contributed by atoms with Crippen molar-refractivity contribution in [2.45, 2.75) is 48.5 Å². The summed E-state index contributed by atoms with van der Waals surface area (Å²) in [6.07, 6.45) is 4.86. The minimum atomic E-state index is 0.239. The average molecular weight is 216 g/mol. The molecule has 0 aromatic rings. The second kappa shape index (κ2) is 3.12. The topological polar surface area (TPSA) is 0 Å². The Labute approximate surface area is 100 Å². The SMILES string of the molecule is CC(C)=C1C(=C(C)C)C2(C)C=CC1C2(C)C. The molecule has 2 rings (SSSR count). The third-order valence-electron chi connectivity index (χ3n) is 4.88. The van der Waals surface area contributed by atoms with Gasteiger partial charge in [-0.3, -0.25) is 0 Å². The number of hydrogen-bond acceptors (Lipinski definition) is 0. The maximum atomic E-state index is 2.44. The van der Waals surface area contributed by atoms with Gasteiger partial charge in [0.1, 0.15) is 0 Å². The summed E-state index contributed by atoms with van der Waals surface area (Å²) in [4.78, 5) is 0. The maximum Gasteiger partial charge on any atom is 0.0166 e. The lowest BCUT2D eigenvalue weighted by atomic mass is 9.68. The van der Waals surface area contributed by atoms with Crippen LogP contribution in [0.2, 0.25) is 0 Å². The molecule has 0 saturated heterocycles. The van der Waals surface area contributed by atoms with Crippen molar-refractivity contribution in [3.05, 3.63) is 34.4 Å². The second-order valence-corrected chi connectivity index (χ2v) is 6.55. The first-order valence-electron chi connectivity index (χ1n) is 6.28. The van der Waals surface area contributed by atoms with E-state index in [1.54, 1.807) is 11.1 Å². The molecule has 0 aromatic carbocycles. The van der Waals surface area contributed by atoms with Gasteiger partial charge in [-0.1, -0.05) is 44.1 Å². The van der Waals surface area contributed by atoms with Crippen molar-refractivity contribution in [1.82, 2.24) is 0 Å². The summed E-state index contributed by atoms with van der Waals surface area (Å²) in [5.74, 6) is 0.618. The van der Waals surface area contributed by atoms with Gasteiger partial charge < -0.3 is 0 Å². The Bertz CT molecular complexity index is 421. The lowest BCUT2D eigenvalue weighted by molar-refractivity contribution is 0.208. The van der Waals surface area contributed by atoms with Crippen LogP contribution < -0.4 is 0 Å². The van der Waals surface area contributed by atoms with Crippen LogP contribution in [0.15, 0.2) is 34.4 Å². The second-order valence-electron chi connectivity index (χ2n) is 6.55. The van der Waals surface area contributed by atoms with E-state index in [0.29, 0.717) is 11.3 Å². The van der Waals surface area contributed by atoms with Crippen LogP contribution in [-0.2, 0) is 0 Å². The van der Waals surface area contributed by atoms with Gasteiger partial charge in [-0.15, -0.1) is 0 Å². The molecular weight excluding hydrogens is 192 g/mol. The van der Waals surface area contributed by atoms with Crippen LogP contribution in [0.1, 0.15) is 48.5 Å². The Morgan fingerprint density at radius 3 is 1.94 bits per heavy atom. The molecule has 0 heteroatoms. The Morgan fingerprint density at radius 2 is 1.56 bits per heavy atom. The molecule has 88 valence electrons. The van der Waals surface area contributed by atoms with Gasteiger partial charge in [-0.25, -0.2) is 0 Å². The van der Waals surface area contributed by atoms with Gasteiger partial charge in [0.25, 0.3) is 0 Å². The molecule has 0 heterocycles. The molecule has 2 aliphatic rings. The van der Waals surface area contributed by atoms with E-state index in [-0.39, 0.29) is 5.41 Å². The zero-order valence-corrected chi connectivity index (χ0v) is 11.7. The molecular formula is C16H24. The number of fused-ring (bicyclic) bond motifs is 2. The highest BCUT2D eigenvalue weighted by Crippen LogP contribution is 2.67. The average Bonchev–Trinajstić information content (AvgIpc) is 2.45. The van der Waals surface area contributed by atoms with Crippen molar-refractivity contribution in [1.29, 1.82) is 0 Å². The van der Waals surface area contributed by atoms with Crippen LogP contribution in [0.4, 0.5) is 0 Å². The zero-order chi connectivity index (χ0) is 12.3. The van der Waals surface area contributed by atoms with E-state index in [9.17, 15) is 0 Å². The van der Waals surface area contributed by atoms with Crippen LogP contribution in [-0.4, -0.2) is 0 Å². The van der Waals surface area contributed by atoms with Gasteiger partial charge in [0.2, 0.25) is 0 Å². The highest BCUT2D eigenvalue weighted by molar-refractivity contribution is 5.58. The normalized spacial score (nSPS) is 34.8. The molecule has 1 fully saturated rings. The Hall–Kier alpha value is -0.780. The van der Waals surface area contributed by atoms with E-state index >= 15 is 0 Å². The fourth-order valence-corrected chi connectivity index (χ4v) is 3.71. The lowest BCUT2D eigenvalue weighted by Gasteiger charge is -2.35. The monoisotopic (exact) mass is 216 g/mol. The maximum absolute atomic E-state index is 2.44. The number of rotatable bonds is 0. The van der Waals surface area contributed by atoms with Gasteiger partial charge in [0, 0.05) is 11.3 Å². The molecule has 1 saturated carbocycles. The summed E-state index contributed by atoms with van der Waals surface area (Å²) in [5.41, 5.74) is 6.76. The number of allylic oxidation sites excluding steroid dienone is 6. The van der Waals surface area contributed by atoms with E-state index in [4.69, 9.17) is 0 Å². The molecule has 2 atom stereocenters. The van der Waals surface area contributed by atoms with Crippen LogP contribution in [0, 0.1) is 16.7 Å². The highest BCUT2D eigenvalue weighted by atomic mass is 14.6. The van der Waals surface area contributed by atoms with Gasteiger partial charge in [-0.05, 0) is 44.3 Å². The Balaban J connectivity index is 2.78. The van der Waals surface area contributed by atoms with E-state index in [1.807, 2.05) is 0 Å². The first kappa shape index (κ1) is 11.7. The van der Waals surface area contributed by atoms with Crippen LogP contribution in [0.25, 0.3) is 0 Å². The van der Waals surface area contributed by atoms with Crippen molar-refractivity contribution in [3.63, 3.8) is 0 Å². The molecule has 0 aliphatic heterocycles. The molecule has 0 amide bonds. The number of hydrogen-bond donors (Lipinski definition) is 0. The van der Waals surface area contributed by atoms with Gasteiger partial charge in [-0.2, -0.15) is 0 Å². The molecule has 0 radical (unpaired) electrons. The van der Waals surface area contributed by atoms with Gasteiger partial charge in [0.05, 0.1) is 0 Å². The van der Waals surface area contributed by atoms with Crippen molar-refractivity contribution >= 4 is 0 Å². The lowest BCUT2D eigenvalue weighted by Crippen LogP contribution is -2.28. The molecule has 2 unspecified atom stereocenters. The Morgan fingerprint density at radius 1 is 1.00 bits per heavy atom. The molecule has 0 N–H and O–H groups in total. The fraction of sp³-hybridized carbons (Fsp3) is 0.625. The summed E-state index contributed by atoms with van der Waals surface area (Å²) in [6, 6.07) is 0. The van der Waals surface area contributed by atoms with Crippen molar-refractivity contribution in [3.8, 4) is 0 Å². The quantitative estimate of drug-likeness (QED) is 0.506. The largest absolute Gasteiger partial charge is 0.0795 e. The summed E-state index contributed by atoms with van der Waals surface area (Å²) in [6.45, 7) is 16.3. The van der Waals surface area contributed by atoms with Crippen LogP contribution in [0.3, 0.4) is 0 Å². The Kier molecular flexibility index (Phi) is 2.28. The highest BCUT2D eigenvalue weighted by Gasteiger charge is 2.58. The summed E-state index contributed by atoms with van der Waals surface area (Å²) in [5, 5.41) is 0. The van der Waals surface area contributed by atoms with E-state index in [1.165, 1.54) is 11.1 Å². The smallest absolute Gasteiger partial charge is 0.0166 e. The first-order chi connectivity index (χ1) is 7.23. The predicted octanol–water partition coefficient (Wildman–Crippen LogP) is 4.89. The van der Waals surface area contributed by atoms with Crippen molar-refractivity contribution in [2.75, 3.05) is 0 Å². The molecule has 2 aliphatic carbocycles. The molecule has 2 bridgehead atoms.